The number of rotatable bonds is 5. The van der Waals surface area contributed by atoms with E-state index < -0.39 is 0 Å². The zero-order valence-electron chi connectivity index (χ0n) is 8.90. The first-order chi connectivity index (χ1) is 7.13. The molecule has 1 rings (SSSR count). The van der Waals surface area contributed by atoms with E-state index >= 15 is 0 Å². The molecular weight excluding hydrogens is 210 g/mol. The number of ether oxygens (including phenoxy) is 2. The van der Waals surface area contributed by atoms with E-state index in [1.54, 1.807) is 7.11 Å². The van der Waals surface area contributed by atoms with Crippen LogP contribution in [0.15, 0.2) is 24.3 Å². The third-order valence-electron chi connectivity index (χ3n) is 1.89. The molecule has 0 amide bonds. The average Bonchev–Trinajstić information content (AvgIpc) is 2.17. The monoisotopic (exact) mass is 225 g/mol. The summed E-state index contributed by atoms with van der Waals surface area (Å²) in [6.07, 6.45) is 0.520. The zero-order chi connectivity index (χ0) is 11.3. The number of hydrogen-bond acceptors (Lipinski definition) is 3. The molecule has 0 saturated carbocycles. The summed E-state index contributed by atoms with van der Waals surface area (Å²) in [4.78, 5) is 0.456. The second kappa shape index (κ2) is 5.56. The smallest absolute Gasteiger partial charge is 0.161 e. The van der Waals surface area contributed by atoms with Crippen LogP contribution in [0.2, 0.25) is 0 Å². The molecule has 0 aliphatic rings. The number of hydrogen-bond donors (Lipinski definition) is 1. The minimum Gasteiger partial charge on any atom is -0.493 e. The minimum absolute atomic E-state index is 0.0428. The number of methoxy groups -OCH3 is 1. The van der Waals surface area contributed by atoms with Gasteiger partial charge in [-0.25, -0.2) is 0 Å². The Kier molecular flexibility index (Phi) is 4.37. The summed E-state index contributed by atoms with van der Waals surface area (Å²) in [7, 11) is 1.61. The molecule has 0 aliphatic carbocycles. The normalized spacial score (nSPS) is 11.9. The van der Waals surface area contributed by atoms with Gasteiger partial charge in [-0.3, -0.25) is 0 Å². The molecule has 4 heteroatoms. The van der Waals surface area contributed by atoms with Crippen molar-refractivity contribution in [2.45, 2.75) is 19.4 Å². The van der Waals surface area contributed by atoms with E-state index in [1.807, 2.05) is 31.2 Å². The van der Waals surface area contributed by atoms with Gasteiger partial charge in [0.25, 0.3) is 0 Å². The second-order valence-electron chi connectivity index (χ2n) is 3.25. The number of nitrogens with two attached hydrogens (primary N) is 1. The van der Waals surface area contributed by atoms with Crippen LogP contribution >= 0.6 is 12.2 Å². The number of benzene rings is 1. The van der Waals surface area contributed by atoms with Gasteiger partial charge >= 0.3 is 0 Å². The highest BCUT2D eigenvalue weighted by molar-refractivity contribution is 7.80. The number of thiocarbonyl (C=S) groups is 1. The average molecular weight is 225 g/mol. The Bertz CT molecular complexity index is 341. The van der Waals surface area contributed by atoms with Crippen molar-refractivity contribution >= 4 is 17.2 Å². The van der Waals surface area contributed by atoms with Crippen molar-refractivity contribution in [3.05, 3.63) is 24.3 Å². The zero-order valence-corrected chi connectivity index (χ0v) is 9.71. The fourth-order valence-electron chi connectivity index (χ4n) is 1.26. The lowest BCUT2D eigenvalue weighted by molar-refractivity contribution is 0.219. The van der Waals surface area contributed by atoms with Crippen LogP contribution in [0.25, 0.3) is 0 Å². The van der Waals surface area contributed by atoms with Gasteiger partial charge in [0.15, 0.2) is 11.5 Å². The topological polar surface area (TPSA) is 44.5 Å². The van der Waals surface area contributed by atoms with Crippen molar-refractivity contribution in [2.75, 3.05) is 7.11 Å². The molecule has 2 N–H and O–H groups in total. The Balaban J connectivity index is 2.67. The van der Waals surface area contributed by atoms with E-state index in [2.05, 4.69) is 0 Å². The predicted molar refractivity (Wildman–Crippen MR) is 64.5 cm³/mol. The van der Waals surface area contributed by atoms with Crippen LogP contribution in [0.1, 0.15) is 13.3 Å². The Hall–Kier alpha value is -1.29. The lowest BCUT2D eigenvalue weighted by Gasteiger charge is -2.15. The van der Waals surface area contributed by atoms with Gasteiger partial charge in [0, 0.05) is 6.42 Å². The molecule has 3 nitrogen and oxygen atoms in total. The van der Waals surface area contributed by atoms with Gasteiger partial charge in [-0.1, -0.05) is 24.4 Å². The van der Waals surface area contributed by atoms with Gasteiger partial charge in [-0.2, -0.15) is 0 Å². The molecule has 15 heavy (non-hydrogen) atoms. The van der Waals surface area contributed by atoms with Crippen LogP contribution in [0.4, 0.5) is 0 Å². The molecule has 0 bridgehead atoms. The van der Waals surface area contributed by atoms with Crippen LogP contribution in [-0.2, 0) is 0 Å². The molecule has 0 saturated heterocycles. The quantitative estimate of drug-likeness (QED) is 0.780. The van der Waals surface area contributed by atoms with Crippen molar-refractivity contribution in [2.24, 2.45) is 5.73 Å². The first-order valence-corrected chi connectivity index (χ1v) is 5.12. The molecule has 1 aromatic rings. The van der Waals surface area contributed by atoms with E-state index in [0.717, 1.165) is 0 Å². The van der Waals surface area contributed by atoms with Gasteiger partial charge in [0.2, 0.25) is 0 Å². The summed E-state index contributed by atoms with van der Waals surface area (Å²) in [5.41, 5.74) is 5.44. The maximum atomic E-state index is 5.65. The maximum absolute atomic E-state index is 5.65. The molecular formula is C11H15NO2S. The van der Waals surface area contributed by atoms with Gasteiger partial charge in [-0.15, -0.1) is 0 Å². The SMILES string of the molecule is COc1ccccc1OC(C)CC(N)=S. The van der Waals surface area contributed by atoms with Gasteiger partial charge in [0.05, 0.1) is 12.1 Å². The highest BCUT2D eigenvalue weighted by atomic mass is 32.1. The standard InChI is InChI=1S/C11H15NO2S/c1-8(7-11(12)15)14-10-6-4-3-5-9(10)13-2/h3-6,8H,7H2,1-2H3,(H2,12,15). The summed E-state index contributed by atoms with van der Waals surface area (Å²) >= 11 is 4.82. The fourth-order valence-corrected chi connectivity index (χ4v) is 1.49. The highest BCUT2D eigenvalue weighted by Gasteiger charge is 2.08. The summed E-state index contributed by atoms with van der Waals surface area (Å²) in [6, 6.07) is 7.49. The van der Waals surface area contributed by atoms with Crippen LogP contribution in [0.3, 0.4) is 0 Å². The van der Waals surface area contributed by atoms with E-state index in [1.165, 1.54) is 0 Å². The van der Waals surface area contributed by atoms with Gasteiger partial charge in [-0.05, 0) is 19.1 Å². The van der Waals surface area contributed by atoms with Crippen LogP contribution in [0, 0.1) is 0 Å². The maximum Gasteiger partial charge on any atom is 0.161 e. The molecule has 1 aromatic carbocycles. The largest absolute Gasteiger partial charge is 0.493 e. The Morgan fingerprint density at radius 2 is 2.00 bits per heavy atom. The molecule has 0 fully saturated rings. The Morgan fingerprint density at radius 1 is 1.40 bits per heavy atom. The summed E-state index contributed by atoms with van der Waals surface area (Å²) < 4.78 is 10.8. The summed E-state index contributed by atoms with van der Waals surface area (Å²) in [6.45, 7) is 1.92. The van der Waals surface area contributed by atoms with Crippen LogP contribution < -0.4 is 15.2 Å². The number of para-hydroxylation sites is 2. The second-order valence-corrected chi connectivity index (χ2v) is 3.77. The minimum atomic E-state index is -0.0428. The van der Waals surface area contributed by atoms with Crippen LogP contribution in [-0.4, -0.2) is 18.2 Å². The summed E-state index contributed by atoms with van der Waals surface area (Å²) in [5.74, 6) is 1.43. The van der Waals surface area contributed by atoms with Crippen molar-refractivity contribution in [1.82, 2.24) is 0 Å². The van der Waals surface area contributed by atoms with Crippen molar-refractivity contribution in [3.63, 3.8) is 0 Å². The molecule has 1 atom stereocenters. The molecule has 0 radical (unpaired) electrons. The lowest BCUT2D eigenvalue weighted by atomic mass is 10.2. The highest BCUT2D eigenvalue weighted by Crippen LogP contribution is 2.27. The molecule has 0 spiro atoms. The first-order valence-electron chi connectivity index (χ1n) is 4.71. The van der Waals surface area contributed by atoms with E-state index in [-0.39, 0.29) is 6.10 Å². The van der Waals surface area contributed by atoms with Gasteiger partial charge < -0.3 is 15.2 Å². The van der Waals surface area contributed by atoms with E-state index in [0.29, 0.717) is 22.9 Å². The third-order valence-corrected chi connectivity index (χ3v) is 2.05. The van der Waals surface area contributed by atoms with Crippen molar-refractivity contribution < 1.29 is 9.47 Å². The third kappa shape index (κ3) is 3.75. The first kappa shape index (κ1) is 11.8. The molecule has 82 valence electrons. The molecule has 0 heterocycles. The summed E-state index contributed by atoms with van der Waals surface area (Å²) in [5, 5.41) is 0. The fraction of sp³-hybridized carbons (Fsp3) is 0.364. The lowest BCUT2D eigenvalue weighted by Crippen LogP contribution is -2.21. The molecule has 0 aromatic heterocycles. The van der Waals surface area contributed by atoms with Gasteiger partial charge in [0.1, 0.15) is 6.10 Å². The van der Waals surface area contributed by atoms with Crippen molar-refractivity contribution in [3.8, 4) is 11.5 Å². The molecule has 1 unspecified atom stereocenters. The van der Waals surface area contributed by atoms with E-state index in [9.17, 15) is 0 Å². The van der Waals surface area contributed by atoms with E-state index in [4.69, 9.17) is 27.4 Å². The van der Waals surface area contributed by atoms with Crippen LogP contribution in [0.5, 0.6) is 11.5 Å². The molecule has 0 aliphatic heterocycles. The Morgan fingerprint density at radius 3 is 2.53 bits per heavy atom. The Labute approximate surface area is 95.2 Å². The van der Waals surface area contributed by atoms with Crippen molar-refractivity contribution in [1.29, 1.82) is 0 Å². The predicted octanol–water partition coefficient (Wildman–Crippen LogP) is 2.14.